The van der Waals surface area contributed by atoms with Crippen molar-refractivity contribution in [2.24, 2.45) is 0 Å². The van der Waals surface area contributed by atoms with Gasteiger partial charge in [-0.15, -0.1) is 0 Å². The second kappa shape index (κ2) is 8.43. The molecule has 0 bridgehead atoms. The number of benzene rings is 2. The van der Waals surface area contributed by atoms with Crippen molar-refractivity contribution >= 4 is 22.8 Å². The number of carbonyl (C=O) groups is 2. The lowest BCUT2D eigenvalue weighted by Crippen LogP contribution is -2.18. The molecule has 3 aromatic rings. The Morgan fingerprint density at radius 3 is 2.32 bits per heavy atom. The molecule has 0 atom stereocenters. The number of carbonyl (C=O) groups excluding carboxylic acids is 2. The molecule has 28 heavy (non-hydrogen) atoms. The molecule has 8 nitrogen and oxygen atoms in total. The summed E-state index contributed by atoms with van der Waals surface area (Å²) in [6, 6.07) is 10.5. The lowest BCUT2D eigenvalue weighted by molar-refractivity contribution is -0.143. The highest BCUT2D eigenvalue weighted by molar-refractivity contribution is 5.99. The van der Waals surface area contributed by atoms with Crippen LogP contribution in [0.4, 0.5) is 0 Å². The quantitative estimate of drug-likeness (QED) is 0.435. The van der Waals surface area contributed by atoms with Crippen LogP contribution in [0.3, 0.4) is 0 Å². The Bertz CT molecular complexity index is 986. The number of aromatic nitrogens is 2. The van der Waals surface area contributed by atoms with E-state index in [0.717, 1.165) is 11.0 Å². The number of Topliss-reactive ketones (excluding diaryl/α,β-unsaturated/α-hetero) is 1. The van der Waals surface area contributed by atoms with Crippen LogP contribution in [-0.4, -0.2) is 49.2 Å². The molecule has 0 saturated heterocycles. The van der Waals surface area contributed by atoms with E-state index in [4.69, 9.17) is 18.9 Å². The van der Waals surface area contributed by atoms with Crippen LogP contribution in [0.15, 0.2) is 42.7 Å². The molecule has 0 N–H and O–H groups in total. The van der Waals surface area contributed by atoms with Crippen LogP contribution in [0.2, 0.25) is 0 Å². The molecule has 1 aromatic heterocycles. The third-order valence-electron chi connectivity index (χ3n) is 4.18. The Labute approximate surface area is 161 Å². The van der Waals surface area contributed by atoms with Gasteiger partial charge >= 0.3 is 5.97 Å². The van der Waals surface area contributed by atoms with Crippen molar-refractivity contribution in [2.45, 2.75) is 6.54 Å². The second-order valence-corrected chi connectivity index (χ2v) is 5.86. The fourth-order valence-corrected chi connectivity index (χ4v) is 2.79. The second-order valence-electron chi connectivity index (χ2n) is 5.86. The fourth-order valence-electron chi connectivity index (χ4n) is 2.79. The number of imidazole rings is 1. The summed E-state index contributed by atoms with van der Waals surface area (Å²) in [5, 5.41) is 0. The van der Waals surface area contributed by atoms with Crippen LogP contribution < -0.4 is 14.2 Å². The Morgan fingerprint density at radius 2 is 1.68 bits per heavy atom. The number of hydrogen-bond donors (Lipinski definition) is 0. The van der Waals surface area contributed by atoms with Crippen LogP contribution in [-0.2, 0) is 16.1 Å². The van der Waals surface area contributed by atoms with E-state index in [-0.39, 0.29) is 17.9 Å². The summed E-state index contributed by atoms with van der Waals surface area (Å²) in [7, 11) is 4.39. The summed E-state index contributed by atoms with van der Waals surface area (Å²) in [5.41, 5.74) is 1.88. The molecule has 0 aliphatic heterocycles. The number of hydrogen-bond acceptors (Lipinski definition) is 7. The monoisotopic (exact) mass is 384 g/mol. The van der Waals surface area contributed by atoms with Crippen molar-refractivity contribution < 1.29 is 28.5 Å². The first kappa shape index (κ1) is 19.2. The number of ether oxygens (including phenoxy) is 4. The lowest BCUT2D eigenvalue weighted by atomic mass is 10.1. The molecule has 0 fully saturated rings. The van der Waals surface area contributed by atoms with Crippen LogP contribution in [0, 0.1) is 0 Å². The van der Waals surface area contributed by atoms with E-state index in [1.807, 2.05) is 24.3 Å². The van der Waals surface area contributed by atoms with Gasteiger partial charge in [-0.25, -0.2) is 4.98 Å². The average molecular weight is 384 g/mol. The van der Waals surface area contributed by atoms with Gasteiger partial charge in [-0.2, -0.15) is 0 Å². The van der Waals surface area contributed by atoms with E-state index in [0.29, 0.717) is 17.2 Å². The molecule has 0 radical (unpaired) electrons. The van der Waals surface area contributed by atoms with Gasteiger partial charge in [0.25, 0.3) is 0 Å². The molecular weight excluding hydrogens is 364 g/mol. The smallest absolute Gasteiger partial charge is 0.326 e. The van der Waals surface area contributed by atoms with E-state index in [1.165, 1.54) is 33.5 Å². The van der Waals surface area contributed by atoms with Crippen LogP contribution >= 0.6 is 0 Å². The van der Waals surface area contributed by atoms with Crippen molar-refractivity contribution in [1.82, 2.24) is 9.55 Å². The highest BCUT2D eigenvalue weighted by Crippen LogP contribution is 2.38. The summed E-state index contributed by atoms with van der Waals surface area (Å²) in [6.45, 7) is -0.437. The SMILES string of the molecule is COc1cc(C(=O)COC(=O)Cn2cnc3ccccc32)cc(OC)c1OC. The predicted octanol–water partition coefficient (Wildman–Crippen LogP) is 2.49. The number of ketones is 1. The number of nitrogens with zero attached hydrogens (tertiary/aromatic N) is 2. The molecule has 1 heterocycles. The Morgan fingerprint density at radius 1 is 1.00 bits per heavy atom. The van der Waals surface area contributed by atoms with Gasteiger partial charge in [0.15, 0.2) is 18.1 Å². The minimum absolute atomic E-state index is 0.0386. The minimum atomic E-state index is -0.538. The maximum Gasteiger partial charge on any atom is 0.326 e. The van der Waals surface area contributed by atoms with Crippen molar-refractivity contribution in [1.29, 1.82) is 0 Å². The number of esters is 1. The van der Waals surface area contributed by atoms with E-state index in [2.05, 4.69) is 4.98 Å². The molecule has 146 valence electrons. The van der Waals surface area contributed by atoms with Gasteiger partial charge in [-0.3, -0.25) is 9.59 Å². The standard InChI is InChI=1S/C20H20N2O6/c1-25-17-8-13(9-18(26-2)20(17)27-3)16(23)11-28-19(24)10-22-12-21-14-6-4-5-7-15(14)22/h4-9,12H,10-11H2,1-3H3. The van der Waals surface area contributed by atoms with Crippen LogP contribution in [0.5, 0.6) is 17.2 Å². The third kappa shape index (κ3) is 3.90. The first-order valence-electron chi connectivity index (χ1n) is 8.46. The molecular formula is C20H20N2O6. The Balaban J connectivity index is 1.67. The molecule has 0 unspecified atom stereocenters. The highest BCUT2D eigenvalue weighted by atomic mass is 16.5. The topological polar surface area (TPSA) is 88.9 Å². The fraction of sp³-hybridized carbons (Fsp3) is 0.250. The van der Waals surface area contributed by atoms with E-state index < -0.39 is 12.6 Å². The number of para-hydroxylation sites is 2. The third-order valence-corrected chi connectivity index (χ3v) is 4.18. The van der Waals surface area contributed by atoms with Crippen LogP contribution in [0.1, 0.15) is 10.4 Å². The highest BCUT2D eigenvalue weighted by Gasteiger charge is 2.18. The summed E-state index contributed by atoms with van der Waals surface area (Å²) >= 11 is 0. The Kier molecular flexibility index (Phi) is 5.78. The molecule has 0 saturated carbocycles. The molecule has 2 aromatic carbocycles. The number of rotatable bonds is 8. The van der Waals surface area contributed by atoms with Crippen molar-refractivity contribution in [3.05, 3.63) is 48.3 Å². The van der Waals surface area contributed by atoms with Gasteiger partial charge in [0.05, 0.1) is 38.7 Å². The molecule has 0 aliphatic rings. The van der Waals surface area contributed by atoms with Crippen molar-refractivity contribution in [2.75, 3.05) is 27.9 Å². The van der Waals surface area contributed by atoms with Gasteiger partial charge in [0.2, 0.25) is 11.5 Å². The first-order valence-corrected chi connectivity index (χ1v) is 8.46. The van der Waals surface area contributed by atoms with Gasteiger partial charge in [0.1, 0.15) is 6.54 Å². The summed E-state index contributed by atoms with van der Waals surface area (Å²) < 4.78 is 22.5. The number of methoxy groups -OCH3 is 3. The van der Waals surface area contributed by atoms with Gasteiger partial charge in [-0.1, -0.05) is 12.1 Å². The van der Waals surface area contributed by atoms with E-state index in [1.54, 1.807) is 10.9 Å². The number of fused-ring (bicyclic) bond motifs is 1. The van der Waals surface area contributed by atoms with E-state index in [9.17, 15) is 9.59 Å². The van der Waals surface area contributed by atoms with Gasteiger partial charge in [-0.05, 0) is 24.3 Å². The van der Waals surface area contributed by atoms with Gasteiger partial charge in [0, 0.05) is 5.56 Å². The van der Waals surface area contributed by atoms with Gasteiger partial charge < -0.3 is 23.5 Å². The minimum Gasteiger partial charge on any atom is -0.493 e. The normalized spacial score (nSPS) is 10.5. The Hall–Kier alpha value is -3.55. The average Bonchev–Trinajstić information content (AvgIpc) is 3.13. The lowest BCUT2D eigenvalue weighted by Gasteiger charge is -2.13. The summed E-state index contributed by atoms with van der Waals surface area (Å²) in [4.78, 5) is 28.8. The van der Waals surface area contributed by atoms with Crippen molar-refractivity contribution in [3.63, 3.8) is 0 Å². The molecule has 0 aliphatic carbocycles. The summed E-state index contributed by atoms with van der Waals surface area (Å²) in [5.74, 6) is 0.153. The maximum atomic E-state index is 12.5. The predicted molar refractivity (Wildman–Crippen MR) is 101 cm³/mol. The van der Waals surface area contributed by atoms with Crippen molar-refractivity contribution in [3.8, 4) is 17.2 Å². The van der Waals surface area contributed by atoms with E-state index >= 15 is 0 Å². The zero-order valence-corrected chi connectivity index (χ0v) is 15.8. The van der Waals surface area contributed by atoms with Crippen LogP contribution in [0.25, 0.3) is 11.0 Å². The maximum absolute atomic E-state index is 12.5. The molecule has 8 heteroatoms. The summed E-state index contributed by atoms with van der Waals surface area (Å²) in [6.07, 6.45) is 1.56. The largest absolute Gasteiger partial charge is 0.493 e. The zero-order chi connectivity index (χ0) is 20.1. The first-order chi connectivity index (χ1) is 13.6. The zero-order valence-electron chi connectivity index (χ0n) is 15.8. The molecule has 0 amide bonds. The molecule has 3 rings (SSSR count). The molecule has 0 spiro atoms.